The van der Waals surface area contributed by atoms with Crippen molar-refractivity contribution in [2.75, 3.05) is 25.6 Å². The van der Waals surface area contributed by atoms with Crippen molar-refractivity contribution >= 4 is 28.9 Å². The van der Waals surface area contributed by atoms with Gasteiger partial charge >= 0.3 is 5.97 Å². The highest BCUT2D eigenvalue weighted by Gasteiger charge is 2.08. The second-order valence-electron chi connectivity index (χ2n) is 4.11. The highest BCUT2D eigenvalue weighted by molar-refractivity contribution is 7.80. The maximum Gasteiger partial charge on any atom is 0.307 e. The number of hydrogen-bond donors (Lipinski definition) is 1. The van der Waals surface area contributed by atoms with E-state index in [9.17, 15) is 4.79 Å². The molecule has 4 nitrogen and oxygen atoms in total. The Labute approximate surface area is 113 Å². The third-order valence-corrected chi connectivity index (χ3v) is 3.02. The first-order valence-corrected chi connectivity index (χ1v) is 6.05. The molecular formula is C13H18N2O2S. The number of hydrogen-bond acceptors (Lipinski definition) is 4. The predicted octanol–water partition coefficient (Wildman–Crippen LogP) is 1.63. The van der Waals surface area contributed by atoms with Gasteiger partial charge in [-0.15, -0.1) is 0 Å². The average molecular weight is 266 g/mol. The molecule has 18 heavy (non-hydrogen) atoms. The van der Waals surface area contributed by atoms with Crippen LogP contribution in [0.3, 0.4) is 0 Å². The van der Waals surface area contributed by atoms with Gasteiger partial charge < -0.3 is 15.4 Å². The van der Waals surface area contributed by atoms with Crippen molar-refractivity contribution in [2.24, 2.45) is 5.73 Å². The van der Waals surface area contributed by atoms with E-state index in [0.717, 1.165) is 16.8 Å². The number of rotatable bonds is 5. The Morgan fingerprint density at radius 2 is 2.17 bits per heavy atom. The molecule has 0 bridgehead atoms. The summed E-state index contributed by atoms with van der Waals surface area (Å²) >= 11 is 4.96. The molecule has 0 aliphatic rings. The van der Waals surface area contributed by atoms with E-state index in [1.165, 1.54) is 7.11 Å². The molecule has 0 heterocycles. The van der Waals surface area contributed by atoms with Gasteiger partial charge in [-0.1, -0.05) is 12.2 Å². The molecule has 0 aromatic heterocycles. The zero-order chi connectivity index (χ0) is 13.7. The van der Waals surface area contributed by atoms with Crippen molar-refractivity contribution in [1.29, 1.82) is 0 Å². The zero-order valence-electron chi connectivity index (χ0n) is 10.9. The molecule has 0 saturated heterocycles. The van der Waals surface area contributed by atoms with Gasteiger partial charge in [-0.3, -0.25) is 4.79 Å². The first-order valence-electron chi connectivity index (χ1n) is 5.64. The normalized spacial score (nSPS) is 9.94. The van der Waals surface area contributed by atoms with E-state index in [4.69, 9.17) is 18.0 Å². The smallest absolute Gasteiger partial charge is 0.307 e. The Hall–Kier alpha value is -1.62. The molecule has 0 aliphatic heterocycles. The molecule has 0 spiro atoms. The van der Waals surface area contributed by atoms with Crippen molar-refractivity contribution < 1.29 is 9.53 Å². The van der Waals surface area contributed by atoms with Crippen LogP contribution in [0.5, 0.6) is 0 Å². The molecule has 2 N–H and O–H groups in total. The number of aryl methyl sites for hydroxylation is 1. The van der Waals surface area contributed by atoms with Crippen LogP contribution in [0.1, 0.15) is 17.5 Å². The number of thiocarbonyl (C=S) groups is 1. The molecular weight excluding hydrogens is 248 g/mol. The third kappa shape index (κ3) is 3.70. The maximum absolute atomic E-state index is 11.1. The van der Waals surface area contributed by atoms with Gasteiger partial charge in [0.1, 0.15) is 4.99 Å². The number of benzene rings is 1. The number of anilines is 1. The van der Waals surface area contributed by atoms with Crippen LogP contribution in [0.25, 0.3) is 0 Å². The molecule has 0 unspecified atom stereocenters. The van der Waals surface area contributed by atoms with E-state index < -0.39 is 0 Å². The highest BCUT2D eigenvalue weighted by Crippen LogP contribution is 2.18. The molecule has 98 valence electrons. The number of esters is 1. The van der Waals surface area contributed by atoms with Crippen LogP contribution in [-0.2, 0) is 9.53 Å². The maximum atomic E-state index is 11.1. The molecule has 0 radical (unpaired) electrons. The lowest BCUT2D eigenvalue weighted by molar-refractivity contribution is -0.140. The summed E-state index contributed by atoms with van der Waals surface area (Å²) in [5.41, 5.74) is 8.55. The summed E-state index contributed by atoms with van der Waals surface area (Å²) in [7, 11) is 3.32. The van der Waals surface area contributed by atoms with E-state index in [0.29, 0.717) is 18.0 Å². The molecule has 0 atom stereocenters. The monoisotopic (exact) mass is 266 g/mol. The highest BCUT2D eigenvalue weighted by atomic mass is 32.1. The van der Waals surface area contributed by atoms with Crippen LogP contribution in [0.15, 0.2) is 18.2 Å². The second-order valence-corrected chi connectivity index (χ2v) is 4.55. The SMILES string of the molecule is COC(=O)CCN(C)c1ccc(C(N)=S)c(C)c1. The van der Waals surface area contributed by atoms with Crippen molar-refractivity contribution in [3.63, 3.8) is 0 Å². The van der Waals surface area contributed by atoms with Gasteiger partial charge in [-0.25, -0.2) is 0 Å². The molecule has 0 aliphatic carbocycles. The van der Waals surface area contributed by atoms with E-state index in [-0.39, 0.29) is 5.97 Å². The van der Waals surface area contributed by atoms with E-state index in [1.54, 1.807) is 0 Å². The van der Waals surface area contributed by atoms with Crippen LogP contribution < -0.4 is 10.6 Å². The summed E-state index contributed by atoms with van der Waals surface area (Å²) in [5.74, 6) is -0.210. The summed E-state index contributed by atoms with van der Waals surface area (Å²) in [6, 6.07) is 5.85. The molecule has 1 rings (SSSR count). The summed E-state index contributed by atoms with van der Waals surface area (Å²) < 4.78 is 4.61. The number of carbonyl (C=O) groups excluding carboxylic acids is 1. The van der Waals surface area contributed by atoms with Crippen molar-refractivity contribution in [2.45, 2.75) is 13.3 Å². The van der Waals surface area contributed by atoms with Crippen LogP contribution in [-0.4, -0.2) is 31.7 Å². The molecule has 0 fully saturated rings. The number of methoxy groups -OCH3 is 1. The van der Waals surface area contributed by atoms with Gasteiger partial charge in [0.05, 0.1) is 13.5 Å². The van der Waals surface area contributed by atoms with Crippen LogP contribution in [0.2, 0.25) is 0 Å². The van der Waals surface area contributed by atoms with E-state index >= 15 is 0 Å². The van der Waals surface area contributed by atoms with Crippen molar-refractivity contribution in [3.05, 3.63) is 29.3 Å². The Balaban J connectivity index is 2.75. The summed E-state index contributed by atoms with van der Waals surface area (Å²) in [4.78, 5) is 13.5. The minimum absolute atomic E-state index is 0.210. The number of ether oxygens (including phenoxy) is 1. The van der Waals surface area contributed by atoms with Gasteiger partial charge in [0.2, 0.25) is 0 Å². The van der Waals surface area contributed by atoms with Gasteiger partial charge in [0, 0.05) is 24.8 Å². The molecule has 0 saturated carbocycles. The summed E-state index contributed by atoms with van der Waals surface area (Å²) in [6.45, 7) is 2.57. The van der Waals surface area contributed by atoms with Crippen LogP contribution in [0.4, 0.5) is 5.69 Å². The lowest BCUT2D eigenvalue weighted by atomic mass is 10.1. The fourth-order valence-electron chi connectivity index (χ4n) is 1.65. The molecule has 1 aromatic carbocycles. The first kappa shape index (κ1) is 14.4. The average Bonchev–Trinajstić information content (AvgIpc) is 2.34. The predicted molar refractivity (Wildman–Crippen MR) is 77.0 cm³/mol. The summed E-state index contributed by atoms with van der Waals surface area (Å²) in [5, 5.41) is 0. The largest absolute Gasteiger partial charge is 0.469 e. The van der Waals surface area contributed by atoms with Gasteiger partial charge in [0.25, 0.3) is 0 Å². The zero-order valence-corrected chi connectivity index (χ0v) is 11.7. The van der Waals surface area contributed by atoms with Crippen LogP contribution >= 0.6 is 12.2 Å². The van der Waals surface area contributed by atoms with Gasteiger partial charge in [-0.05, 0) is 30.7 Å². The van der Waals surface area contributed by atoms with Crippen molar-refractivity contribution in [1.82, 2.24) is 0 Å². The number of nitrogens with zero attached hydrogens (tertiary/aromatic N) is 1. The van der Waals surface area contributed by atoms with Gasteiger partial charge in [-0.2, -0.15) is 0 Å². The van der Waals surface area contributed by atoms with E-state index in [2.05, 4.69) is 4.74 Å². The Kier molecular flexibility index (Phi) is 5.09. The Morgan fingerprint density at radius 3 is 2.67 bits per heavy atom. The fraction of sp³-hybridized carbons (Fsp3) is 0.385. The topological polar surface area (TPSA) is 55.6 Å². The molecule has 0 amide bonds. The minimum Gasteiger partial charge on any atom is -0.469 e. The second kappa shape index (κ2) is 6.35. The number of carbonyl (C=O) groups is 1. The van der Waals surface area contributed by atoms with Crippen molar-refractivity contribution in [3.8, 4) is 0 Å². The summed E-state index contributed by atoms with van der Waals surface area (Å²) in [6.07, 6.45) is 0.364. The molecule has 1 aromatic rings. The Bertz CT molecular complexity index is 460. The van der Waals surface area contributed by atoms with Gasteiger partial charge in [0.15, 0.2) is 0 Å². The lowest BCUT2D eigenvalue weighted by Crippen LogP contribution is -2.22. The number of nitrogens with two attached hydrogens (primary N) is 1. The molecule has 5 heteroatoms. The Morgan fingerprint density at radius 1 is 1.50 bits per heavy atom. The minimum atomic E-state index is -0.210. The standard InChI is InChI=1S/C13H18N2O2S/c1-9-8-10(4-5-11(9)13(14)18)15(2)7-6-12(16)17-3/h4-5,8H,6-7H2,1-3H3,(H2,14,18). The fourth-order valence-corrected chi connectivity index (χ4v) is 1.88. The van der Waals surface area contributed by atoms with E-state index in [1.807, 2.05) is 37.1 Å². The third-order valence-electron chi connectivity index (χ3n) is 2.80. The van der Waals surface area contributed by atoms with Crippen LogP contribution in [0, 0.1) is 6.92 Å². The lowest BCUT2D eigenvalue weighted by Gasteiger charge is -2.20. The first-order chi connectivity index (χ1) is 8.45. The quantitative estimate of drug-likeness (QED) is 0.648.